The standard InChI is InChI=1S/C15H26N2O/c1-3-11-17(4-2)12-10-15(18,13-16)14-8-6-5-7-9-14/h5-9,18H,3-4,10-13,16H2,1-2H3. The minimum absolute atomic E-state index is 0.265. The summed E-state index contributed by atoms with van der Waals surface area (Å²) >= 11 is 0. The van der Waals surface area contributed by atoms with E-state index >= 15 is 0 Å². The van der Waals surface area contributed by atoms with Gasteiger partial charge in [0.15, 0.2) is 0 Å². The van der Waals surface area contributed by atoms with Crippen LogP contribution in [0.1, 0.15) is 32.3 Å². The molecule has 0 amide bonds. The summed E-state index contributed by atoms with van der Waals surface area (Å²) in [7, 11) is 0. The molecule has 0 bridgehead atoms. The molecule has 0 aliphatic rings. The normalized spacial score (nSPS) is 14.7. The van der Waals surface area contributed by atoms with Gasteiger partial charge in [-0.2, -0.15) is 0 Å². The maximum Gasteiger partial charge on any atom is 0.103 e. The third-order valence-electron chi connectivity index (χ3n) is 3.48. The van der Waals surface area contributed by atoms with Crippen molar-refractivity contribution in [1.29, 1.82) is 0 Å². The first-order valence-corrected chi connectivity index (χ1v) is 6.86. The Morgan fingerprint density at radius 2 is 1.83 bits per heavy atom. The van der Waals surface area contributed by atoms with Crippen LogP contribution in [-0.2, 0) is 5.60 Å². The van der Waals surface area contributed by atoms with E-state index in [2.05, 4.69) is 18.7 Å². The Morgan fingerprint density at radius 1 is 1.17 bits per heavy atom. The molecule has 1 atom stereocenters. The maximum absolute atomic E-state index is 10.7. The monoisotopic (exact) mass is 250 g/mol. The third-order valence-corrected chi connectivity index (χ3v) is 3.48. The van der Waals surface area contributed by atoms with Gasteiger partial charge in [0, 0.05) is 13.1 Å². The number of rotatable bonds is 8. The van der Waals surface area contributed by atoms with E-state index in [4.69, 9.17) is 5.73 Å². The number of nitrogens with two attached hydrogens (primary N) is 1. The molecule has 0 aliphatic heterocycles. The minimum Gasteiger partial charge on any atom is -0.384 e. The van der Waals surface area contributed by atoms with Crippen molar-refractivity contribution in [2.45, 2.75) is 32.3 Å². The van der Waals surface area contributed by atoms with Crippen molar-refractivity contribution in [2.24, 2.45) is 5.73 Å². The molecule has 1 rings (SSSR count). The number of aliphatic hydroxyl groups is 1. The second kappa shape index (κ2) is 7.52. The van der Waals surface area contributed by atoms with Crippen LogP contribution in [0.5, 0.6) is 0 Å². The Kier molecular flexibility index (Phi) is 6.33. The molecular weight excluding hydrogens is 224 g/mol. The highest BCUT2D eigenvalue weighted by molar-refractivity contribution is 5.22. The summed E-state index contributed by atoms with van der Waals surface area (Å²) in [5.41, 5.74) is 5.79. The lowest BCUT2D eigenvalue weighted by Gasteiger charge is -2.30. The number of benzene rings is 1. The second-order valence-corrected chi connectivity index (χ2v) is 4.79. The molecule has 1 aromatic carbocycles. The highest BCUT2D eigenvalue weighted by atomic mass is 16.3. The van der Waals surface area contributed by atoms with Gasteiger partial charge in [0.25, 0.3) is 0 Å². The van der Waals surface area contributed by atoms with Crippen molar-refractivity contribution in [3.63, 3.8) is 0 Å². The zero-order chi connectivity index (χ0) is 13.4. The van der Waals surface area contributed by atoms with E-state index in [0.717, 1.165) is 31.6 Å². The quantitative estimate of drug-likeness (QED) is 0.741. The van der Waals surface area contributed by atoms with Gasteiger partial charge >= 0.3 is 0 Å². The van der Waals surface area contributed by atoms with Crippen molar-refractivity contribution in [2.75, 3.05) is 26.2 Å². The fourth-order valence-corrected chi connectivity index (χ4v) is 2.20. The summed E-state index contributed by atoms with van der Waals surface area (Å²) in [5, 5.41) is 10.7. The van der Waals surface area contributed by atoms with Gasteiger partial charge in [0.2, 0.25) is 0 Å². The van der Waals surface area contributed by atoms with Crippen LogP contribution in [-0.4, -0.2) is 36.2 Å². The van der Waals surface area contributed by atoms with E-state index in [1.807, 2.05) is 30.3 Å². The highest BCUT2D eigenvalue weighted by Crippen LogP contribution is 2.24. The Morgan fingerprint density at radius 3 is 2.33 bits per heavy atom. The molecule has 0 radical (unpaired) electrons. The maximum atomic E-state index is 10.7. The molecule has 0 aliphatic carbocycles. The van der Waals surface area contributed by atoms with Crippen molar-refractivity contribution in [1.82, 2.24) is 4.90 Å². The van der Waals surface area contributed by atoms with Crippen LogP contribution in [0.25, 0.3) is 0 Å². The van der Waals surface area contributed by atoms with Crippen LogP contribution < -0.4 is 5.73 Å². The average Bonchev–Trinajstić information content (AvgIpc) is 2.44. The van der Waals surface area contributed by atoms with Crippen LogP contribution in [0, 0.1) is 0 Å². The fourth-order valence-electron chi connectivity index (χ4n) is 2.20. The van der Waals surface area contributed by atoms with Gasteiger partial charge in [-0.1, -0.05) is 44.2 Å². The molecule has 0 aromatic heterocycles. The van der Waals surface area contributed by atoms with Gasteiger partial charge in [-0.3, -0.25) is 0 Å². The Labute approximate surface area is 111 Å². The zero-order valence-electron chi connectivity index (χ0n) is 11.6. The summed E-state index contributed by atoms with van der Waals surface area (Å²) < 4.78 is 0. The molecule has 18 heavy (non-hydrogen) atoms. The minimum atomic E-state index is -0.900. The second-order valence-electron chi connectivity index (χ2n) is 4.79. The van der Waals surface area contributed by atoms with E-state index in [-0.39, 0.29) is 6.54 Å². The molecule has 1 aromatic rings. The molecule has 0 fully saturated rings. The topological polar surface area (TPSA) is 49.5 Å². The largest absolute Gasteiger partial charge is 0.384 e. The zero-order valence-corrected chi connectivity index (χ0v) is 11.6. The van der Waals surface area contributed by atoms with Gasteiger partial charge in [0.05, 0.1) is 0 Å². The molecule has 102 valence electrons. The summed E-state index contributed by atoms with van der Waals surface area (Å²) in [6.45, 7) is 7.57. The van der Waals surface area contributed by atoms with Gasteiger partial charge in [-0.05, 0) is 31.5 Å². The summed E-state index contributed by atoms with van der Waals surface area (Å²) in [5.74, 6) is 0. The first-order chi connectivity index (χ1) is 8.66. The molecule has 0 heterocycles. The van der Waals surface area contributed by atoms with Crippen LogP contribution in [0.4, 0.5) is 0 Å². The number of hydrogen-bond donors (Lipinski definition) is 2. The SMILES string of the molecule is CCCN(CC)CCC(O)(CN)c1ccccc1. The number of hydrogen-bond acceptors (Lipinski definition) is 3. The molecule has 3 N–H and O–H groups in total. The van der Waals surface area contributed by atoms with Gasteiger partial charge in [-0.15, -0.1) is 0 Å². The molecular formula is C15H26N2O. The number of nitrogens with zero attached hydrogens (tertiary/aromatic N) is 1. The molecule has 0 saturated heterocycles. The van der Waals surface area contributed by atoms with Crippen molar-refractivity contribution >= 4 is 0 Å². The first kappa shape index (κ1) is 15.2. The van der Waals surface area contributed by atoms with Crippen molar-refractivity contribution < 1.29 is 5.11 Å². The molecule has 3 heteroatoms. The summed E-state index contributed by atoms with van der Waals surface area (Å²) in [6, 6.07) is 9.74. The predicted octanol–water partition coefficient (Wildman–Crippen LogP) is 1.95. The van der Waals surface area contributed by atoms with Crippen LogP contribution in [0.2, 0.25) is 0 Å². The molecule has 0 spiro atoms. The van der Waals surface area contributed by atoms with E-state index in [9.17, 15) is 5.11 Å². The van der Waals surface area contributed by atoms with E-state index in [1.165, 1.54) is 0 Å². The molecule has 0 saturated carbocycles. The lowest BCUT2D eigenvalue weighted by atomic mass is 9.90. The highest BCUT2D eigenvalue weighted by Gasteiger charge is 2.27. The lowest BCUT2D eigenvalue weighted by Crippen LogP contribution is -2.39. The summed E-state index contributed by atoms with van der Waals surface area (Å²) in [6.07, 6.45) is 1.82. The van der Waals surface area contributed by atoms with Gasteiger partial charge in [0.1, 0.15) is 5.60 Å². The van der Waals surface area contributed by atoms with E-state index in [1.54, 1.807) is 0 Å². The van der Waals surface area contributed by atoms with Crippen molar-refractivity contribution in [3.05, 3.63) is 35.9 Å². The Hall–Kier alpha value is -0.900. The molecule has 1 unspecified atom stereocenters. The molecule has 3 nitrogen and oxygen atoms in total. The lowest BCUT2D eigenvalue weighted by molar-refractivity contribution is 0.0262. The Bertz CT molecular complexity index is 329. The van der Waals surface area contributed by atoms with Crippen LogP contribution >= 0.6 is 0 Å². The third kappa shape index (κ3) is 4.09. The average molecular weight is 250 g/mol. The fraction of sp³-hybridized carbons (Fsp3) is 0.600. The first-order valence-electron chi connectivity index (χ1n) is 6.86. The summed E-state index contributed by atoms with van der Waals surface area (Å²) in [4.78, 5) is 2.35. The van der Waals surface area contributed by atoms with Gasteiger partial charge < -0.3 is 15.7 Å². The Balaban J connectivity index is 2.66. The van der Waals surface area contributed by atoms with Crippen LogP contribution in [0.15, 0.2) is 30.3 Å². The smallest absolute Gasteiger partial charge is 0.103 e. The van der Waals surface area contributed by atoms with Gasteiger partial charge in [-0.25, -0.2) is 0 Å². The van der Waals surface area contributed by atoms with E-state index in [0.29, 0.717) is 6.42 Å². The predicted molar refractivity (Wildman–Crippen MR) is 76.4 cm³/mol. The van der Waals surface area contributed by atoms with E-state index < -0.39 is 5.60 Å². The van der Waals surface area contributed by atoms with Crippen LogP contribution in [0.3, 0.4) is 0 Å². The van der Waals surface area contributed by atoms with Crippen molar-refractivity contribution in [3.8, 4) is 0 Å².